The molecule has 33 heavy (non-hydrogen) atoms. The van der Waals surface area contributed by atoms with Crippen molar-refractivity contribution < 1.29 is 4.42 Å². The first kappa shape index (κ1) is 17.3. The lowest BCUT2D eigenvalue weighted by Gasteiger charge is -2.05. The third-order valence-electron chi connectivity index (χ3n) is 7.17. The number of hydrogen-bond donors (Lipinski definition) is 0. The standard InChI is InChI=1S/C31H19NO/c1-18-13-14-28-24(15-18)26-17-19(16-25-21-7-2-4-11-27(21)32(28)30(25)26)20-9-6-10-23-22-8-3-5-12-29(22)33-31(20)23/h2-17H,1H3. The van der Waals surface area contributed by atoms with Gasteiger partial charge in [-0.3, -0.25) is 0 Å². The molecule has 3 heterocycles. The van der Waals surface area contributed by atoms with E-state index in [9.17, 15) is 0 Å². The number of aryl methyl sites for hydroxylation is 1. The fourth-order valence-corrected chi connectivity index (χ4v) is 5.74. The maximum absolute atomic E-state index is 6.39. The summed E-state index contributed by atoms with van der Waals surface area (Å²) in [4.78, 5) is 0. The highest BCUT2D eigenvalue weighted by atomic mass is 16.3. The molecule has 2 heteroatoms. The van der Waals surface area contributed by atoms with Crippen LogP contribution in [0.2, 0.25) is 0 Å². The lowest BCUT2D eigenvalue weighted by atomic mass is 9.97. The molecule has 5 aromatic carbocycles. The van der Waals surface area contributed by atoms with Crippen LogP contribution < -0.4 is 0 Å². The van der Waals surface area contributed by atoms with Crippen molar-refractivity contribution in [2.24, 2.45) is 0 Å². The van der Waals surface area contributed by atoms with E-state index in [4.69, 9.17) is 4.42 Å². The maximum Gasteiger partial charge on any atom is 0.143 e. The van der Waals surface area contributed by atoms with Crippen molar-refractivity contribution in [3.63, 3.8) is 0 Å². The monoisotopic (exact) mass is 421 g/mol. The van der Waals surface area contributed by atoms with Gasteiger partial charge in [0.1, 0.15) is 11.2 Å². The van der Waals surface area contributed by atoms with Crippen LogP contribution >= 0.6 is 0 Å². The molecular weight excluding hydrogens is 402 g/mol. The molecule has 8 rings (SSSR count). The summed E-state index contributed by atoms with van der Waals surface area (Å²) >= 11 is 0. The summed E-state index contributed by atoms with van der Waals surface area (Å²) in [6, 6.07) is 35.0. The van der Waals surface area contributed by atoms with Gasteiger partial charge in [0.05, 0.1) is 16.6 Å². The van der Waals surface area contributed by atoms with Crippen molar-refractivity contribution in [2.45, 2.75) is 6.92 Å². The first-order valence-corrected chi connectivity index (χ1v) is 11.4. The number of rotatable bonds is 1. The smallest absolute Gasteiger partial charge is 0.143 e. The topological polar surface area (TPSA) is 17.6 Å². The lowest BCUT2D eigenvalue weighted by Crippen LogP contribution is -1.80. The molecule has 0 aliphatic rings. The Bertz CT molecular complexity index is 2040. The first-order chi connectivity index (χ1) is 16.3. The lowest BCUT2D eigenvalue weighted by molar-refractivity contribution is 0.670. The molecule has 0 saturated heterocycles. The third kappa shape index (κ3) is 2.13. The van der Waals surface area contributed by atoms with Crippen LogP contribution in [0.25, 0.3) is 71.2 Å². The van der Waals surface area contributed by atoms with E-state index in [2.05, 4.69) is 102 Å². The van der Waals surface area contributed by atoms with Gasteiger partial charge in [-0.25, -0.2) is 0 Å². The highest BCUT2D eigenvalue weighted by Gasteiger charge is 2.20. The number of furan rings is 1. The minimum atomic E-state index is 0.933. The van der Waals surface area contributed by atoms with Crippen molar-refractivity contribution in [3.8, 4) is 11.1 Å². The zero-order valence-corrected chi connectivity index (χ0v) is 18.1. The van der Waals surface area contributed by atoms with Crippen LogP contribution in [0.1, 0.15) is 5.56 Å². The number of fused-ring (bicyclic) bond motifs is 9. The second-order valence-corrected chi connectivity index (χ2v) is 9.07. The van der Waals surface area contributed by atoms with Crippen LogP contribution in [0, 0.1) is 6.92 Å². The average molecular weight is 421 g/mol. The van der Waals surface area contributed by atoms with Crippen molar-refractivity contribution >= 4 is 60.0 Å². The van der Waals surface area contributed by atoms with Gasteiger partial charge in [-0.1, -0.05) is 66.2 Å². The summed E-state index contributed by atoms with van der Waals surface area (Å²) < 4.78 is 8.82. The fraction of sp³-hybridized carbons (Fsp3) is 0.0323. The van der Waals surface area contributed by atoms with Crippen LogP contribution in [0.5, 0.6) is 0 Å². The van der Waals surface area contributed by atoms with Gasteiger partial charge < -0.3 is 8.82 Å². The average Bonchev–Trinajstić information content (AvgIpc) is 3.50. The van der Waals surface area contributed by atoms with Gasteiger partial charge in [-0.2, -0.15) is 0 Å². The largest absolute Gasteiger partial charge is 0.455 e. The van der Waals surface area contributed by atoms with E-state index in [-0.39, 0.29) is 0 Å². The Kier molecular flexibility index (Phi) is 3.11. The summed E-state index contributed by atoms with van der Waals surface area (Å²) in [7, 11) is 0. The summed E-state index contributed by atoms with van der Waals surface area (Å²) in [5.74, 6) is 0. The zero-order valence-electron chi connectivity index (χ0n) is 18.1. The van der Waals surface area contributed by atoms with E-state index in [1.54, 1.807) is 0 Å². The number of para-hydroxylation sites is 3. The van der Waals surface area contributed by atoms with Gasteiger partial charge in [0.25, 0.3) is 0 Å². The van der Waals surface area contributed by atoms with Crippen LogP contribution in [0.4, 0.5) is 0 Å². The Balaban J connectivity index is 1.58. The second kappa shape index (κ2) is 5.93. The van der Waals surface area contributed by atoms with Gasteiger partial charge >= 0.3 is 0 Å². The molecule has 154 valence electrons. The molecule has 0 spiro atoms. The van der Waals surface area contributed by atoms with E-state index in [1.807, 2.05) is 6.07 Å². The van der Waals surface area contributed by atoms with Crippen molar-refractivity contribution in [2.75, 3.05) is 0 Å². The predicted molar refractivity (Wildman–Crippen MR) is 139 cm³/mol. The third-order valence-corrected chi connectivity index (χ3v) is 7.17. The molecule has 0 aliphatic carbocycles. The molecule has 0 radical (unpaired) electrons. The molecule has 0 aliphatic heterocycles. The minimum Gasteiger partial charge on any atom is -0.455 e. The molecule has 0 amide bonds. The summed E-state index contributed by atoms with van der Waals surface area (Å²) in [5, 5.41) is 7.51. The quantitative estimate of drug-likeness (QED) is 0.259. The normalized spacial score (nSPS) is 12.4. The number of hydrogen-bond acceptors (Lipinski definition) is 1. The number of aromatic nitrogens is 1. The molecular formula is C31H19NO. The molecule has 0 saturated carbocycles. The molecule has 0 bridgehead atoms. The molecule has 3 aromatic heterocycles. The Hall–Kier alpha value is -4.30. The van der Waals surface area contributed by atoms with Crippen LogP contribution in [-0.4, -0.2) is 4.40 Å². The van der Waals surface area contributed by atoms with E-state index >= 15 is 0 Å². The van der Waals surface area contributed by atoms with E-state index < -0.39 is 0 Å². The summed E-state index contributed by atoms with van der Waals surface area (Å²) in [6.07, 6.45) is 0. The SMILES string of the molecule is Cc1ccc2c(c1)c1cc(-c3cccc4c3oc3ccccc34)cc3c4ccccc4n2c31. The van der Waals surface area contributed by atoms with E-state index in [0.717, 1.165) is 22.1 Å². The molecule has 0 atom stereocenters. The van der Waals surface area contributed by atoms with Crippen LogP contribution in [0.3, 0.4) is 0 Å². The van der Waals surface area contributed by atoms with Gasteiger partial charge in [-0.05, 0) is 48.9 Å². The molecule has 0 unspecified atom stereocenters. The number of nitrogens with zero attached hydrogens (tertiary/aromatic N) is 1. The molecule has 0 fully saturated rings. The van der Waals surface area contributed by atoms with Crippen LogP contribution in [0.15, 0.2) is 101 Å². The minimum absolute atomic E-state index is 0.933. The second-order valence-electron chi connectivity index (χ2n) is 9.07. The zero-order chi connectivity index (χ0) is 21.7. The van der Waals surface area contributed by atoms with Crippen molar-refractivity contribution in [3.05, 3.63) is 103 Å². The highest BCUT2D eigenvalue weighted by Crippen LogP contribution is 2.43. The van der Waals surface area contributed by atoms with Gasteiger partial charge in [0.15, 0.2) is 0 Å². The Labute approximate surface area is 189 Å². The summed E-state index contributed by atoms with van der Waals surface area (Å²) in [6.45, 7) is 2.17. The van der Waals surface area contributed by atoms with Gasteiger partial charge in [0.2, 0.25) is 0 Å². The molecule has 2 nitrogen and oxygen atoms in total. The Morgan fingerprint density at radius 3 is 2.21 bits per heavy atom. The highest BCUT2D eigenvalue weighted by molar-refractivity contribution is 6.25. The van der Waals surface area contributed by atoms with Crippen LogP contribution in [-0.2, 0) is 0 Å². The Morgan fingerprint density at radius 2 is 1.30 bits per heavy atom. The van der Waals surface area contributed by atoms with Crippen molar-refractivity contribution in [1.29, 1.82) is 0 Å². The van der Waals surface area contributed by atoms with Gasteiger partial charge in [-0.15, -0.1) is 0 Å². The van der Waals surface area contributed by atoms with E-state index in [0.29, 0.717) is 0 Å². The maximum atomic E-state index is 6.39. The molecule has 0 N–H and O–H groups in total. The first-order valence-electron chi connectivity index (χ1n) is 11.4. The summed E-state index contributed by atoms with van der Waals surface area (Å²) in [5.41, 5.74) is 9.33. The van der Waals surface area contributed by atoms with Crippen molar-refractivity contribution in [1.82, 2.24) is 4.40 Å². The van der Waals surface area contributed by atoms with E-state index in [1.165, 1.54) is 54.6 Å². The fourth-order valence-electron chi connectivity index (χ4n) is 5.74. The van der Waals surface area contributed by atoms with Gasteiger partial charge in [0, 0.05) is 37.9 Å². The predicted octanol–water partition coefficient (Wildman–Crippen LogP) is 8.71. The molecule has 8 aromatic rings. The number of benzene rings is 5. The Morgan fingerprint density at radius 1 is 0.576 bits per heavy atom.